The first-order chi connectivity index (χ1) is 20.8. The Morgan fingerprint density at radius 3 is 2.10 bits per heavy atom. The summed E-state index contributed by atoms with van der Waals surface area (Å²) in [5, 5.41) is 5.76. The van der Waals surface area contributed by atoms with E-state index in [2.05, 4.69) is 132 Å². The van der Waals surface area contributed by atoms with Crippen LogP contribution in [0.1, 0.15) is 0 Å². The van der Waals surface area contributed by atoms with Crippen LogP contribution in [0.25, 0.3) is 62.9 Å². The van der Waals surface area contributed by atoms with Crippen LogP contribution in [0.3, 0.4) is 0 Å². The maximum absolute atomic E-state index is 6.36. The number of anilines is 3. The van der Waals surface area contributed by atoms with Gasteiger partial charge < -0.3 is 9.32 Å². The predicted octanol–water partition coefficient (Wildman–Crippen LogP) is 11.7. The van der Waals surface area contributed by atoms with Gasteiger partial charge in [0.05, 0.1) is 15.6 Å². The minimum absolute atomic E-state index is 0.859. The molecule has 0 aliphatic carbocycles. The smallest absolute Gasteiger partial charge is 0.137 e. The van der Waals surface area contributed by atoms with E-state index in [1.165, 1.54) is 20.2 Å². The molecular weight excluding hydrogens is 553 g/mol. The molecule has 9 aromatic rings. The number of aromatic nitrogens is 1. The van der Waals surface area contributed by atoms with Crippen molar-refractivity contribution in [2.24, 2.45) is 0 Å². The summed E-state index contributed by atoms with van der Waals surface area (Å²) in [6.07, 6.45) is 0. The Morgan fingerprint density at radius 1 is 0.500 bits per heavy atom. The van der Waals surface area contributed by atoms with Crippen LogP contribution in [0.4, 0.5) is 17.1 Å². The molecule has 0 N–H and O–H groups in total. The second-order valence-corrected chi connectivity index (χ2v) is 12.5. The summed E-state index contributed by atoms with van der Waals surface area (Å²) < 4.78 is 10.1. The van der Waals surface area contributed by atoms with Gasteiger partial charge in [-0.3, -0.25) is 0 Å². The lowest BCUT2D eigenvalue weighted by molar-refractivity contribution is 0.669. The van der Waals surface area contributed by atoms with Crippen LogP contribution in [0.5, 0.6) is 0 Å². The molecule has 9 rings (SSSR count). The monoisotopic (exact) mass is 574 g/mol. The Balaban J connectivity index is 1.26. The van der Waals surface area contributed by atoms with Crippen molar-refractivity contribution in [2.75, 3.05) is 4.90 Å². The molecule has 42 heavy (non-hydrogen) atoms. The maximum Gasteiger partial charge on any atom is 0.137 e. The number of rotatable bonds is 4. The average molecular weight is 575 g/mol. The van der Waals surface area contributed by atoms with E-state index in [-0.39, 0.29) is 0 Å². The summed E-state index contributed by atoms with van der Waals surface area (Å²) in [6.45, 7) is 0. The second kappa shape index (κ2) is 9.28. The number of thiophene rings is 1. The van der Waals surface area contributed by atoms with Crippen LogP contribution in [-0.2, 0) is 0 Å². The van der Waals surface area contributed by atoms with Gasteiger partial charge in [-0.15, -0.1) is 22.7 Å². The zero-order valence-corrected chi connectivity index (χ0v) is 24.0. The van der Waals surface area contributed by atoms with Gasteiger partial charge in [0.1, 0.15) is 16.2 Å². The molecule has 6 aromatic carbocycles. The van der Waals surface area contributed by atoms with Gasteiger partial charge >= 0.3 is 0 Å². The van der Waals surface area contributed by atoms with Crippen LogP contribution in [-0.4, -0.2) is 4.98 Å². The third-order valence-corrected chi connectivity index (χ3v) is 10.1. The molecule has 3 nitrogen and oxygen atoms in total. The van der Waals surface area contributed by atoms with Crippen molar-refractivity contribution in [3.63, 3.8) is 0 Å². The van der Waals surface area contributed by atoms with Crippen LogP contribution in [0.2, 0.25) is 0 Å². The summed E-state index contributed by atoms with van der Waals surface area (Å²) in [6, 6.07) is 47.1. The summed E-state index contributed by atoms with van der Waals surface area (Å²) in [5.74, 6) is 0. The van der Waals surface area contributed by atoms with Gasteiger partial charge in [-0.25, -0.2) is 4.98 Å². The van der Waals surface area contributed by atoms with Crippen molar-refractivity contribution in [3.8, 4) is 10.6 Å². The third kappa shape index (κ3) is 3.68. The molecule has 0 saturated heterocycles. The molecular formula is C37H22N2OS2. The summed E-state index contributed by atoms with van der Waals surface area (Å²) >= 11 is 3.56. The highest BCUT2D eigenvalue weighted by atomic mass is 32.1. The third-order valence-electron chi connectivity index (χ3n) is 7.89. The number of hydrogen-bond donors (Lipinski definition) is 0. The molecule has 0 saturated carbocycles. The summed E-state index contributed by atoms with van der Waals surface area (Å²) in [5.41, 5.74) is 7.15. The van der Waals surface area contributed by atoms with E-state index in [0.29, 0.717) is 0 Å². The molecule has 0 amide bonds. The molecule has 3 aromatic heterocycles. The molecule has 0 radical (unpaired) electrons. The largest absolute Gasteiger partial charge is 0.456 e. The zero-order chi connectivity index (χ0) is 27.6. The average Bonchev–Trinajstić information content (AvgIpc) is 3.75. The molecule has 3 heterocycles. The molecule has 0 atom stereocenters. The summed E-state index contributed by atoms with van der Waals surface area (Å²) in [7, 11) is 0. The lowest BCUT2D eigenvalue weighted by atomic mass is 10.1. The van der Waals surface area contributed by atoms with E-state index in [1.807, 2.05) is 17.4 Å². The summed E-state index contributed by atoms with van der Waals surface area (Å²) in [4.78, 5) is 7.46. The molecule has 0 aliphatic rings. The van der Waals surface area contributed by atoms with E-state index in [4.69, 9.17) is 9.40 Å². The molecule has 0 aliphatic heterocycles. The van der Waals surface area contributed by atoms with Crippen molar-refractivity contribution in [2.45, 2.75) is 0 Å². The van der Waals surface area contributed by atoms with Gasteiger partial charge in [0.15, 0.2) is 0 Å². The fourth-order valence-electron chi connectivity index (χ4n) is 5.96. The number of thiazole rings is 1. The zero-order valence-electron chi connectivity index (χ0n) is 22.3. The van der Waals surface area contributed by atoms with Gasteiger partial charge in [-0.1, -0.05) is 72.8 Å². The highest BCUT2D eigenvalue weighted by molar-refractivity contribution is 7.25. The Morgan fingerprint density at radius 2 is 1.21 bits per heavy atom. The van der Waals surface area contributed by atoms with Gasteiger partial charge in [0.2, 0.25) is 0 Å². The van der Waals surface area contributed by atoms with Crippen molar-refractivity contribution in [1.82, 2.24) is 4.98 Å². The van der Waals surface area contributed by atoms with Gasteiger partial charge in [0.25, 0.3) is 0 Å². The number of hydrogen-bond acceptors (Lipinski definition) is 5. The number of nitrogens with zero attached hydrogens (tertiary/aromatic N) is 2. The fraction of sp³-hybridized carbons (Fsp3) is 0. The molecule has 0 unspecified atom stereocenters. The van der Waals surface area contributed by atoms with Crippen molar-refractivity contribution in [1.29, 1.82) is 0 Å². The topological polar surface area (TPSA) is 29.3 Å². The van der Waals surface area contributed by atoms with E-state index in [1.54, 1.807) is 11.3 Å². The van der Waals surface area contributed by atoms with E-state index < -0.39 is 0 Å². The number of para-hydroxylation sites is 1. The SMILES string of the molecule is c1ccc(-c2nc3c(ccc4oc5ccc(N(c6ccccc6)c6ccc7c(c6)sc6ccccc67)cc5c43)s2)cc1. The maximum atomic E-state index is 6.36. The van der Waals surface area contributed by atoms with Crippen LogP contribution < -0.4 is 4.90 Å². The Kier molecular flexibility index (Phi) is 5.24. The minimum atomic E-state index is 0.859. The van der Waals surface area contributed by atoms with Crippen molar-refractivity contribution in [3.05, 3.63) is 133 Å². The van der Waals surface area contributed by atoms with E-state index in [0.717, 1.165) is 59.8 Å². The first-order valence-electron chi connectivity index (χ1n) is 13.9. The second-order valence-electron chi connectivity index (χ2n) is 10.4. The molecule has 0 bridgehead atoms. The fourth-order valence-corrected chi connectivity index (χ4v) is 8.08. The Labute approximate surface area is 249 Å². The van der Waals surface area contributed by atoms with Gasteiger partial charge in [-0.2, -0.15) is 0 Å². The van der Waals surface area contributed by atoms with E-state index >= 15 is 0 Å². The standard InChI is InChI=1S/C37H22N2OS2/c1-3-9-23(10-4-1)37-38-36-33(42-37)20-19-31-35(36)29-21-25(16-18-30(29)40-31)39(24-11-5-2-6-12-24)26-15-17-28-27-13-7-8-14-32(27)41-34(28)22-26/h1-22H. The number of fused-ring (bicyclic) bond motifs is 8. The quantitative estimate of drug-likeness (QED) is 0.209. The highest BCUT2D eigenvalue weighted by Crippen LogP contribution is 2.44. The van der Waals surface area contributed by atoms with E-state index in [9.17, 15) is 0 Å². The first-order valence-corrected chi connectivity index (χ1v) is 15.5. The number of furan rings is 1. The van der Waals surface area contributed by atoms with Crippen LogP contribution >= 0.6 is 22.7 Å². The normalized spacial score (nSPS) is 11.8. The lowest BCUT2D eigenvalue weighted by Crippen LogP contribution is -2.09. The molecule has 5 heteroatoms. The van der Waals surface area contributed by atoms with Gasteiger partial charge in [0, 0.05) is 48.2 Å². The molecule has 0 fully saturated rings. The molecule has 198 valence electrons. The van der Waals surface area contributed by atoms with Crippen LogP contribution in [0.15, 0.2) is 138 Å². The minimum Gasteiger partial charge on any atom is -0.456 e. The first kappa shape index (κ1) is 23.7. The lowest BCUT2D eigenvalue weighted by Gasteiger charge is -2.25. The van der Waals surface area contributed by atoms with Gasteiger partial charge in [-0.05, 0) is 60.7 Å². The van der Waals surface area contributed by atoms with Crippen LogP contribution in [0, 0.1) is 0 Å². The molecule has 0 spiro atoms. The predicted molar refractivity (Wildman–Crippen MR) is 180 cm³/mol. The van der Waals surface area contributed by atoms with Crippen molar-refractivity contribution >= 4 is 92.1 Å². The number of benzene rings is 6. The Bertz CT molecular complexity index is 2420. The Hall–Kier alpha value is -4.97. The highest BCUT2D eigenvalue weighted by Gasteiger charge is 2.19. The van der Waals surface area contributed by atoms with Crippen molar-refractivity contribution < 1.29 is 4.42 Å².